The summed E-state index contributed by atoms with van der Waals surface area (Å²) in [5.74, 6) is -1.04. The van der Waals surface area contributed by atoms with Crippen LogP contribution in [-0.2, 0) is 9.63 Å². The highest BCUT2D eigenvalue weighted by Crippen LogP contribution is 2.38. The predicted octanol–water partition coefficient (Wildman–Crippen LogP) is 2.68. The van der Waals surface area contributed by atoms with Crippen LogP contribution in [0.1, 0.15) is 24.4 Å². The Balaban J connectivity index is 2.36. The van der Waals surface area contributed by atoms with Crippen LogP contribution in [-0.4, -0.2) is 47.3 Å². The Morgan fingerprint density at radius 2 is 2.14 bits per heavy atom. The second kappa shape index (κ2) is 6.50. The van der Waals surface area contributed by atoms with E-state index in [4.69, 9.17) is 16.4 Å². The van der Waals surface area contributed by atoms with E-state index in [1.807, 2.05) is 0 Å². The number of amides is 2. The van der Waals surface area contributed by atoms with Crippen LogP contribution < -0.4 is 0 Å². The van der Waals surface area contributed by atoms with Gasteiger partial charge >= 0.3 is 6.09 Å². The molecule has 2 rings (SSSR count). The number of halogens is 2. The van der Waals surface area contributed by atoms with Crippen molar-refractivity contribution in [2.75, 3.05) is 14.2 Å². The van der Waals surface area contributed by atoms with Crippen molar-refractivity contribution in [3.05, 3.63) is 34.6 Å². The topological polar surface area (TPSA) is 70.1 Å². The van der Waals surface area contributed by atoms with E-state index < -0.39 is 29.9 Å². The largest absolute Gasteiger partial charge is 0.465 e. The first-order valence-electron chi connectivity index (χ1n) is 6.64. The number of carbonyl (C=O) groups is 2. The van der Waals surface area contributed by atoms with Crippen LogP contribution in [0.15, 0.2) is 18.2 Å². The van der Waals surface area contributed by atoms with Gasteiger partial charge in [0.1, 0.15) is 11.9 Å². The van der Waals surface area contributed by atoms with Gasteiger partial charge in [-0.25, -0.2) is 14.2 Å². The van der Waals surface area contributed by atoms with Gasteiger partial charge in [0.05, 0.1) is 13.2 Å². The molecule has 2 amide bonds. The molecule has 0 spiro atoms. The summed E-state index contributed by atoms with van der Waals surface area (Å²) in [7, 11) is 2.71. The number of carboxylic acid groups (broad SMARTS) is 1. The molecular weight excluding hydrogens is 315 g/mol. The minimum absolute atomic E-state index is 0.172. The molecule has 1 saturated heterocycles. The van der Waals surface area contributed by atoms with Gasteiger partial charge in [0, 0.05) is 17.6 Å². The van der Waals surface area contributed by atoms with Crippen molar-refractivity contribution in [2.24, 2.45) is 0 Å². The molecule has 0 bridgehead atoms. The van der Waals surface area contributed by atoms with Crippen molar-refractivity contribution in [1.29, 1.82) is 0 Å². The maximum absolute atomic E-state index is 14.0. The average molecular weight is 331 g/mol. The van der Waals surface area contributed by atoms with E-state index in [1.54, 1.807) is 0 Å². The molecule has 0 aromatic heterocycles. The Morgan fingerprint density at radius 1 is 1.45 bits per heavy atom. The molecule has 1 aromatic carbocycles. The SMILES string of the molecule is CON(C)C(=O)[C@H]1CC[C@@H](c2cc(Cl)ccc2F)N1C(=O)O. The zero-order valence-electron chi connectivity index (χ0n) is 12.1. The fourth-order valence-electron chi connectivity index (χ4n) is 2.70. The monoisotopic (exact) mass is 330 g/mol. The van der Waals surface area contributed by atoms with E-state index in [1.165, 1.54) is 32.4 Å². The molecule has 1 fully saturated rings. The lowest BCUT2D eigenvalue weighted by Crippen LogP contribution is -2.46. The van der Waals surface area contributed by atoms with Crippen LogP contribution in [0.25, 0.3) is 0 Å². The molecule has 0 aliphatic carbocycles. The summed E-state index contributed by atoms with van der Waals surface area (Å²) in [6, 6.07) is 2.31. The summed E-state index contributed by atoms with van der Waals surface area (Å²) < 4.78 is 14.0. The summed E-state index contributed by atoms with van der Waals surface area (Å²) >= 11 is 5.87. The third-order valence-corrected chi connectivity index (χ3v) is 4.03. The highest BCUT2D eigenvalue weighted by Gasteiger charge is 2.43. The van der Waals surface area contributed by atoms with Gasteiger partial charge in [-0.2, -0.15) is 0 Å². The van der Waals surface area contributed by atoms with Crippen molar-refractivity contribution in [2.45, 2.75) is 24.9 Å². The minimum atomic E-state index is -1.29. The Hall–Kier alpha value is -1.86. The normalized spacial score (nSPS) is 21.0. The first kappa shape index (κ1) is 16.5. The molecule has 0 unspecified atom stereocenters. The van der Waals surface area contributed by atoms with Gasteiger partial charge in [0.2, 0.25) is 0 Å². The first-order valence-corrected chi connectivity index (χ1v) is 7.02. The van der Waals surface area contributed by atoms with Crippen molar-refractivity contribution < 1.29 is 23.9 Å². The van der Waals surface area contributed by atoms with Gasteiger partial charge in [0.15, 0.2) is 0 Å². The van der Waals surface area contributed by atoms with Crippen molar-refractivity contribution in [3.63, 3.8) is 0 Å². The molecule has 8 heteroatoms. The third-order valence-electron chi connectivity index (χ3n) is 3.79. The number of likely N-dealkylation sites (N-methyl/N-ethyl adjacent to an activating group) is 1. The fourth-order valence-corrected chi connectivity index (χ4v) is 2.88. The molecule has 0 saturated carbocycles. The van der Waals surface area contributed by atoms with Gasteiger partial charge in [0.25, 0.3) is 5.91 Å². The van der Waals surface area contributed by atoms with E-state index in [0.29, 0.717) is 11.4 Å². The molecule has 1 aromatic rings. The Morgan fingerprint density at radius 3 is 2.73 bits per heavy atom. The molecule has 22 heavy (non-hydrogen) atoms. The molecule has 1 aliphatic rings. The van der Waals surface area contributed by atoms with Gasteiger partial charge in [-0.1, -0.05) is 11.6 Å². The van der Waals surface area contributed by atoms with E-state index in [0.717, 1.165) is 9.96 Å². The third kappa shape index (κ3) is 3.00. The summed E-state index contributed by atoms with van der Waals surface area (Å²) in [6.45, 7) is 0. The fraction of sp³-hybridized carbons (Fsp3) is 0.429. The van der Waals surface area contributed by atoms with Crippen LogP contribution in [0.5, 0.6) is 0 Å². The van der Waals surface area contributed by atoms with Gasteiger partial charge in [-0.3, -0.25) is 14.5 Å². The smallest absolute Gasteiger partial charge is 0.408 e. The van der Waals surface area contributed by atoms with E-state index in [-0.39, 0.29) is 12.0 Å². The zero-order valence-corrected chi connectivity index (χ0v) is 12.9. The first-order chi connectivity index (χ1) is 10.4. The maximum atomic E-state index is 14.0. The second-order valence-corrected chi connectivity index (χ2v) is 5.42. The molecule has 2 atom stereocenters. The number of hydroxylamine groups is 2. The van der Waals surface area contributed by atoms with E-state index in [9.17, 15) is 19.1 Å². The molecular formula is C14H16ClFN2O4. The Bertz CT molecular complexity index is 598. The molecule has 1 N–H and O–H groups in total. The van der Waals surface area contributed by atoms with Crippen LogP contribution in [0.2, 0.25) is 5.02 Å². The highest BCUT2D eigenvalue weighted by atomic mass is 35.5. The Kier molecular flexibility index (Phi) is 4.87. The standard InChI is InChI=1S/C14H16ClFN2O4/c1-17(22-2)13(19)12-6-5-11(18(12)14(20)21)9-7-8(15)3-4-10(9)16/h3-4,7,11-12H,5-6H2,1-2H3,(H,20,21)/t11-,12+/m0/s1. The molecule has 6 nitrogen and oxygen atoms in total. The molecule has 120 valence electrons. The lowest BCUT2D eigenvalue weighted by atomic mass is 10.0. The summed E-state index contributed by atoms with van der Waals surface area (Å²) in [5, 5.41) is 10.7. The quantitative estimate of drug-likeness (QED) is 0.865. The summed E-state index contributed by atoms with van der Waals surface area (Å²) in [6.07, 6.45) is -0.669. The summed E-state index contributed by atoms with van der Waals surface area (Å²) in [4.78, 5) is 29.5. The van der Waals surface area contributed by atoms with Gasteiger partial charge in [-0.15, -0.1) is 0 Å². The van der Waals surface area contributed by atoms with Crippen LogP contribution >= 0.6 is 11.6 Å². The zero-order chi connectivity index (χ0) is 16.4. The molecule has 1 aliphatic heterocycles. The number of likely N-dealkylation sites (tertiary alicyclic amines) is 1. The number of carbonyl (C=O) groups excluding carboxylic acids is 1. The molecule has 1 heterocycles. The van der Waals surface area contributed by atoms with Crippen molar-refractivity contribution >= 4 is 23.6 Å². The van der Waals surface area contributed by atoms with Crippen LogP contribution in [0.3, 0.4) is 0 Å². The maximum Gasteiger partial charge on any atom is 0.408 e. The average Bonchev–Trinajstić information content (AvgIpc) is 2.92. The van der Waals surface area contributed by atoms with Gasteiger partial charge in [-0.05, 0) is 31.0 Å². The van der Waals surface area contributed by atoms with Crippen LogP contribution in [0.4, 0.5) is 9.18 Å². The van der Waals surface area contributed by atoms with Crippen LogP contribution in [0, 0.1) is 5.82 Å². The molecule has 0 radical (unpaired) electrons. The number of benzene rings is 1. The minimum Gasteiger partial charge on any atom is -0.465 e. The lowest BCUT2D eigenvalue weighted by molar-refractivity contribution is -0.173. The second-order valence-electron chi connectivity index (χ2n) is 4.98. The van der Waals surface area contributed by atoms with Crippen molar-refractivity contribution in [3.8, 4) is 0 Å². The Labute approximate surface area is 132 Å². The number of hydrogen-bond acceptors (Lipinski definition) is 3. The summed E-state index contributed by atoms with van der Waals surface area (Å²) in [5.41, 5.74) is 0.172. The lowest BCUT2D eigenvalue weighted by Gasteiger charge is -2.29. The highest BCUT2D eigenvalue weighted by molar-refractivity contribution is 6.30. The van der Waals surface area contributed by atoms with E-state index in [2.05, 4.69) is 0 Å². The predicted molar refractivity (Wildman–Crippen MR) is 76.8 cm³/mol. The number of rotatable bonds is 3. The van der Waals surface area contributed by atoms with Crippen molar-refractivity contribution in [1.82, 2.24) is 9.96 Å². The van der Waals surface area contributed by atoms with Gasteiger partial charge < -0.3 is 5.11 Å². The number of hydrogen-bond donors (Lipinski definition) is 1. The van der Waals surface area contributed by atoms with E-state index >= 15 is 0 Å². The number of nitrogens with zero attached hydrogens (tertiary/aromatic N) is 2.